The monoisotopic (exact) mass is 170 g/mol. The Balaban J connectivity index is 2.31. The van der Waals surface area contributed by atoms with Gasteiger partial charge in [-0.3, -0.25) is 4.90 Å². The second-order valence-corrected chi connectivity index (χ2v) is 3.68. The third-order valence-corrected chi connectivity index (χ3v) is 2.60. The predicted molar refractivity (Wildman–Crippen MR) is 53.4 cm³/mol. The van der Waals surface area contributed by atoms with E-state index < -0.39 is 0 Å². The number of nitrogens with zero attached hydrogens (tertiary/aromatic N) is 1. The fourth-order valence-corrected chi connectivity index (χ4v) is 2.00. The molecule has 1 saturated heterocycles. The Kier molecular flexibility index (Phi) is 4.62. The molecule has 12 heavy (non-hydrogen) atoms. The molecule has 1 heterocycles. The van der Waals surface area contributed by atoms with Crippen molar-refractivity contribution in [3.8, 4) is 0 Å². The van der Waals surface area contributed by atoms with Crippen LogP contribution < -0.4 is 5.32 Å². The molecule has 1 aliphatic heterocycles. The van der Waals surface area contributed by atoms with Crippen LogP contribution in [0, 0.1) is 0 Å². The van der Waals surface area contributed by atoms with Crippen LogP contribution in [0.25, 0.3) is 0 Å². The van der Waals surface area contributed by atoms with Gasteiger partial charge in [0.25, 0.3) is 0 Å². The second kappa shape index (κ2) is 5.55. The highest BCUT2D eigenvalue weighted by Crippen LogP contribution is 2.09. The quantitative estimate of drug-likeness (QED) is 0.687. The summed E-state index contributed by atoms with van der Waals surface area (Å²) < 4.78 is 0. The SMILES string of the molecule is CCCC1CNCCN1CCC. The van der Waals surface area contributed by atoms with Crippen molar-refractivity contribution in [3.63, 3.8) is 0 Å². The molecular formula is C10H22N2. The minimum absolute atomic E-state index is 0.809. The molecule has 1 rings (SSSR count). The maximum absolute atomic E-state index is 3.47. The predicted octanol–water partition coefficient (Wildman–Crippen LogP) is 1.47. The Morgan fingerprint density at radius 1 is 1.33 bits per heavy atom. The molecule has 1 fully saturated rings. The van der Waals surface area contributed by atoms with E-state index in [1.807, 2.05) is 0 Å². The summed E-state index contributed by atoms with van der Waals surface area (Å²) in [6, 6.07) is 0.809. The molecule has 1 N–H and O–H groups in total. The van der Waals surface area contributed by atoms with Crippen LogP contribution in [-0.2, 0) is 0 Å². The topological polar surface area (TPSA) is 15.3 Å². The van der Waals surface area contributed by atoms with Crippen LogP contribution in [0.5, 0.6) is 0 Å². The van der Waals surface area contributed by atoms with Gasteiger partial charge in [0.05, 0.1) is 0 Å². The van der Waals surface area contributed by atoms with Gasteiger partial charge in [-0.05, 0) is 19.4 Å². The van der Waals surface area contributed by atoms with Crippen molar-refractivity contribution >= 4 is 0 Å². The fraction of sp³-hybridized carbons (Fsp3) is 1.00. The first-order valence-electron chi connectivity index (χ1n) is 5.33. The lowest BCUT2D eigenvalue weighted by molar-refractivity contribution is 0.152. The number of hydrogen-bond donors (Lipinski definition) is 1. The van der Waals surface area contributed by atoms with Crippen LogP contribution in [0.3, 0.4) is 0 Å². The van der Waals surface area contributed by atoms with Gasteiger partial charge in [-0.2, -0.15) is 0 Å². The molecule has 2 heteroatoms. The smallest absolute Gasteiger partial charge is 0.0221 e. The molecule has 0 aromatic rings. The summed E-state index contributed by atoms with van der Waals surface area (Å²) in [6.07, 6.45) is 3.96. The molecule has 0 saturated carbocycles. The first kappa shape index (κ1) is 10.0. The highest BCUT2D eigenvalue weighted by molar-refractivity contribution is 4.78. The lowest BCUT2D eigenvalue weighted by Gasteiger charge is -2.35. The van der Waals surface area contributed by atoms with Gasteiger partial charge in [0.1, 0.15) is 0 Å². The fourth-order valence-electron chi connectivity index (χ4n) is 2.00. The van der Waals surface area contributed by atoms with Crippen LogP contribution >= 0.6 is 0 Å². The lowest BCUT2D eigenvalue weighted by Crippen LogP contribution is -2.51. The molecule has 0 radical (unpaired) electrons. The summed E-state index contributed by atoms with van der Waals surface area (Å²) in [5.74, 6) is 0. The van der Waals surface area contributed by atoms with Gasteiger partial charge >= 0.3 is 0 Å². The minimum Gasteiger partial charge on any atom is -0.314 e. The van der Waals surface area contributed by atoms with Crippen LogP contribution in [0.4, 0.5) is 0 Å². The van der Waals surface area contributed by atoms with E-state index in [0.29, 0.717) is 0 Å². The third-order valence-electron chi connectivity index (χ3n) is 2.60. The average Bonchev–Trinajstić information content (AvgIpc) is 2.09. The van der Waals surface area contributed by atoms with Gasteiger partial charge in [-0.1, -0.05) is 20.3 Å². The normalized spacial score (nSPS) is 26.0. The second-order valence-electron chi connectivity index (χ2n) is 3.68. The van der Waals surface area contributed by atoms with E-state index in [9.17, 15) is 0 Å². The maximum Gasteiger partial charge on any atom is 0.0221 e. The Morgan fingerprint density at radius 2 is 2.17 bits per heavy atom. The number of nitrogens with one attached hydrogen (secondary N) is 1. The number of rotatable bonds is 4. The number of hydrogen-bond acceptors (Lipinski definition) is 2. The zero-order valence-electron chi connectivity index (χ0n) is 8.47. The highest BCUT2D eigenvalue weighted by atomic mass is 15.2. The molecular weight excluding hydrogens is 148 g/mol. The van der Waals surface area contributed by atoms with Gasteiger partial charge in [0.2, 0.25) is 0 Å². The lowest BCUT2D eigenvalue weighted by atomic mass is 10.1. The zero-order valence-corrected chi connectivity index (χ0v) is 8.47. The van der Waals surface area contributed by atoms with Gasteiger partial charge in [0.15, 0.2) is 0 Å². The van der Waals surface area contributed by atoms with E-state index in [2.05, 4.69) is 24.1 Å². The van der Waals surface area contributed by atoms with E-state index in [-0.39, 0.29) is 0 Å². The highest BCUT2D eigenvalue weighted by Gasteiger charge is 2.19. The maximum atomic E-state index is 3.47. The van der Waals surface area contributed by atoms with E-state index in [1.165, 1.54) is 45.4 Å². The minimum atomic E-state index is 0.809. The summed E-state index contributed by atoms with van der Waals surface area (Å²) in [4.78, 5) is 2.64. The Hall–Kier alpha value is -0.0800. The third kappa shape index (κ3) is 2.76. The Morgan fingerprint density at radius 3 is 2.83 bits per heavy atom. The van der Waals surface area contributed by atoms with Crippen LogP contribution in [-0.4, -0.2) is 37.1 Å². The van der Waals surface area contributed by atoms with Gasteiger partial charge in [0, 0.05) is 25.7 Å². The van der Waals surface area contributed by atoms with Gasteiger partial charge in [-0.15, -0.1) is 0 Å². The molecule has 1 atom stereocenters. The van der Waals surface area contributed by atoms with Gasteiger partial charge < -0.3 is 5.32 Å². The average molecular weight is 170 g/mol. The summed E-state index contributed by atoms with van der Waals surface area (Å²) in [6.45, 7) is 9.46. The molecule has 0 bridgehead atoms. The first-order valence-corrected chi connectivity index (χ1v) is 5.33. The molecule has 1 aliphatic rings. The summed E-state index contributed by atoms with van der Waals surface area (Å²) in [5.41, 5.74) is 0. The van der Waals surface area contributed by atoms with Crippen molar-refractivity contribution in [1.82, 2.24) is 10.2 Å². The van der Waals surface area contributed by atoms with Crippen molar-refractivity contribution < 1.29 is 0 Å². The molecule has 0 amide bonds. The van der Waals surface area contributed by atoms with Crippen LogP contribution in [0.15, 0.2) is 0 Å². The molecule has 0 aliphatic carbocycles. The summed E-state index contributed by atoms with van der Waals surface area (Å²) in [5, 5.41) is 3.47. The number of piperazine rings is 1. The van der Waals surface area contributed by atoms with Crippen molar-refractivity contribution in [2.75, 3.05) is 26.2 Å². The Bertz CT molecular complexity index is 96.4. The first-order chi connectivity index (χ1) is 5.88. The molecule has 2 nitrogen and oxygen atoms in total. The standard InChI is InChI=1S/C10H22N2/c1-3-5-10-9-11-6-8-12(10)7-4-2/h10-11H,3-9H2,1-2H3. The molecule has 72 valence electrons. The van der Waals surface area contributed by atoms with E-state index >= 15 is 0 Å². The molecule has 0 spiro atoms. The van der Waals surface area contributed by atoms with Crippen molar-refractivity contribution in [3.05, 3.63) is 0 Å². The molecule has 0 aromatic heterocycles. The molecule has 0 aromatic carbocycles. The van der Waals surface area contributed by atoms with Crippen LogP contribution in [0.1, 0.15) is 33.1 Å². The van der Waals surface area contributed by atoms with E-state index in [4.69, 9.17) is 0 Å². The largest absolute Gasteiger partial charge is 0.314 e. The summed E-state index contributed by atoms with van der Waals surface area (Å²) in [7, 11) is 0. The molecule has 1 unspecified atom stereocenters. The summed E-state index contributed by atoms with van der Waals surface area (Å²) >= 11 is 0. The van der Waals surface area contributed by atoms with Crippen molar-refractivity contribution in [2.24, 2.45) is 0 Å². The van der Waals surface area contributed by atoms with Crippen molar-refractivity contribution in [1.29, 1.82) is 0 Å². The van der Waals surface area contributed by atoms with E-state index in [0.717, 1.165) is 6.04 Å². The van der Waals surface area contributed by atoms with Gasteiger partial charge in [-0.25, -0.2) is 0 Å². The Labute approximate surface area is 76.3 Å². The van der Waals surface area contributed by atoms with Crippen LogP contribution in [0.2, 0.25) is 0 Å². The van der Waals surface area contributed by atoms with E-state index in [1.54, 1.807) is 0 Å². The zero-order chi connectivity index (χ0) is 8.81. The van der Waals surface area contributed by atoms with Crippen molar-refractivity contribution in [2.45, 2.75) is 39.2 Å².